The number of hydrogen-bond donors (Lipinski definition) is 1. The highest BCUT2D eigenvalue weighted by molar-refractivity contribution is 6.30. The van der Waals surface area contributed by atoms with Crippen LogP contribution in [0.1, 0.15) is 24.9 Å². The number of nitrogens with zero attached hydrogens (tertiary/aromatic N) is 1. The highest BCUT2D eigenvalue weighted by atomic mass is 35.5. The van der Waals surface area contributed by atoms with Crippen LogP contribution < -0.4 is 5.56 Å². The van der Waals surface area contributed by atoms with Crippen molar-refractivity contribution in [2.24, 2.45) is 0 Å². The monoisotopic (exact) mass is 283 g/mol. The maximum absolute atomic E-state index is 12.5. The fourth-order valence-electron chi connectivity index (χ4n) is 1.44. The van der Waals surface area contributed by atoms with Crippen LogP contribution in [0.2, 0.25) is 5.02 Å². The van der Waals surface area contributed by atoms with Crippen LogP contribution in [0, 0.1) is 0 Å². The van der Waals surface area contributed by atoms with Crippen molar-refractivity contribution in [1.82, 2.24) is 4.57 Å². The summed E-state index contributed by atoms with van der Waals surface area (Å²) in [6.45, 7) is 1.44. The number of aliphatic carboxylic acids is 1. The Kier molecular flexibility index (Phi) is 4.05. The number of carboxylic acid groups (broad SMARTS) is 1. The molecule has 0 spiro atoms. The molecular formula is C10H9ClF3NO3. The molecule has 1 heterocycles. The van der Waals surface area contributed by atoms with Crippen molar-refractivity contribution in [3.63, 3.8) is 0 Å². The number of rotatable bonds is 3. The molecule has 0 aliphatic rings. The molecule has 1 unspecified atom stereocenters. The van der Waals surface area contributed by atoms with Crippen molar-refractivity contribution in [3.8, 4) is 0 Å². The zero-order valence-electron chi connectivity index (χ0n) is 9.16. The van der Waals surface area contributed by atoms with Gasteiger partial charge in [0.2, 0.25) is 0 Å². The summed E-state index contributed by atoms with van der Waals surface area (Å²) < 4.78 is 38.1. The van der Waals surface area contributed by atoms with Gasteiger partial charge in [-0.2, -0.15) is 13.2 Å². The third-order valence-electron chi connectivity index (χ3n) is 2.33. The normalized spacial score (nSPS) is 13.4. The van der Waals surface area contributed by atoms with Crippen molar-refractivity contribution in [2.45, 2.75) is 25.6 Å². The lowest BCUT2D eigenvalue weighted by Gasteiger charge is -2.16. The molecule has 8 heteroatoms. The Balaban J connectivity index is 3.48. The number of pyridine rings is 1. The summed E-state index contributed by atoms with van der Waals surface area (Å²) in [5, 5.41) is 8.19. The minimum Gasteiger partial charge on any atom is -0.480 e. The molecule has 0 aromatic carbocycles. The summed E-state index contributed by atoms with van der Waals surface area (Å²) >= 11 is 5.40. The molecule has 0 radical (unpaired) electrons. The summed E-state index contributed by atoms with van der Waals surface area (Å²) in [6.07, 6.45) is -4.26. The van der Waals surface area contributed by atoms with Crippen molar-refractivity contribution in [1.29, 1.82) is 0 Å². The Labute approximate surface area is 105 Å². The van der Waals surface area contributed by atoms with E-state index >= 15 is 0 Å². The largest absolute Gasteiger partial charge is 0.480 e. The van der Waals surface area contributed by atoms with E-state index in [-0.39, 0.29) is 6.42 Å². The number of hydrogen-bond acceptors (Lipinski definition) is 2. The van der Waals surface area contributed by atoms with Gasteiger partial charge in [0.25, 0.3) is 5.56 Å². The van der Waals surface area contributed by atoms with Gasteiger partial charge in [-0.3, -0.25) is 9.36 Å². The van der Waals surface area contributed by atoms with Crippen LogP contribution >= 0.6 is 11.6 Å². The van der Waals surface area contributed by atoms with E-state index in [9.17, 15) is 22.8 Å². The fourth-order valence-corrected chi connectivity index (χ4v) is 1.66. The molecule has 18 heavy (non-hydrogen) atoms. The molecule has 0 aliphatic heterocycles. The minimum absolute atomic E-state index is 0.0348. The highest BCUT2D eigenvalue weighted by Gasteiger charge is 2.33. The Bertz CT molecular complexity index is 524. The second-order valence-corrected chi connectivity index (χ2v) is 3.96. The number of aromatic nitrogens is 1. The molecular weight excluding hydrogens is 275 g/mol. The molecule has 1 aromatic rings. The van der Waals surface area contributed by atoms with Crippen molar-refractivity contribution < 1.29 is 23.1 Å². The number of halogens is 4. The zero-order chi connectivity index (χ0) is 14.1. The van der Waals surface area contributed by atoms with E-state index in [1.807, 2.05) is 0 Å². The van der Waals surface area contributed by atoms with E-state index in [1.54, 1.807) is 0 Å². The molecule has 4 nitrogen and oxygen atoms in total. The molecule has 1 rings (SSSR count). The Morgan fingerprint density at radius 2 is 2.11 bits per heavy atom. The molecule has 0 bridgehead atoms. The van der Waals surface area contributed by atoms with Gasteiger partial charge in [0.15, 0.2) is 0 Å². The maximum atomic E-state index is 12.5. The second-order valence-electron chi connectivity index (χ2n) is 3.55. The van der Waals surface area contributed by atoms with Gasteiger partial charge in [0.05, 0.1) is 5.56 Å². The van der Waals surface area contributed by atoms with Gasteiger partial charge in [-0.15, -0.1) is 0 Å². The van der Waals surface area contributed by atoms with E-state index < -0.39 is 34.3 Å². The predicted molar refractivity (Wildman–Crippen MR) is 57.7 cm³/mol. The molecule has 1 N–H and O–H groups in total. The van der Waals surface area contributed by atoms with Crippen molar-refractivity contribution >= 4 is 17.6 Å². The SMILES string of the molecule is CCC(C(=O)O)n1cc(C(F)(F)F)cc(Cl)c1=O. The fraction of sp³-hybridized carbons (Fsp3) is 0.400. The van der Waals surface area contributed by atoms with E-state index in [0.717, 1.165) is 0 Å². The highest BCUT2D eigenvalue weighted by Crippen LogP contribution is 2.30. The quantitative estimate of drug-likeness (QED) is 0.927. The first-order valence-electron chi connectivity index (χ1n) is 4.90. The molecule has 0 fully saturated rings. The van der Waals surface area contributed by atoms with Crippen LogP contribution in [0.25, 0.3) is 0 Å². The third-order valence-corrected chi connectivity index (χ3v) is 2.60. The van der Waals surface area contributed by atoms with Crippen LogP contribution in [0.5, 0.6) is 0 Å². The van der Waals surface area contributed by atoms with Crippen molar-refractivity contribution in [3.05, 3.63) is 33.2 Å². The molecule has 1 atom stereocenters. The first kappa shape index (κ1) is 14.6. The van der Waals surface area contributed by atoms with Gasteiger partial charge in [-0.25, -0.2) is 4.79 Å². The Morgan fingerprint density at radius 1 is 1.56 bits per heavy atom. The lowest BCUT2D eigenvalue weighted by Crippen LogP contribution is -2.30. The molecule has 1 aromatic heterocycles. The number of carboxylic acids is 1. The van der Waals surface area contributed by atoms with Gasteiger partial charge in [0, 0.05) is 6.20 Å². The summed E-state index contributed by atoms with van der Waals surface area (Å²) in [4.78, 5) is 22.4. The Morgan fingerprint density at radius 3 is 2.50 bits per heavy atom. The number of carbonyl (C=O) groups is 1. The molecule has 0 saturated heterocycles. The van der Waals surface area contributed by atoms with E-state index in [1.165, 1.54) is 6.92 Å². The molecule has 100 valence electrons. The maximum Gasteiger partial charge on any atom is 0.417 e. The Hall–Kier alpha value is -1.50. The van der Waals surface area contributed by atoms with Gasteiger partial charge in [-0.1, -0.05) is 18.5 Å². The second kappa shape index (κ2) is 5.01. The average Bonchev–Trinajstić information content (AvgIpc) is 2.22. The van der Waals surface area contributed by atoms with E-state index in [2.05, 4.69) is 0 Å². The van der Waals surface area contributed by atoms with Crippen LogP contribution in [0.15, 0.2) is 17.1 Å². The predicted octanol–water partition coefficient (Wildman–Crippen LogP) is 2.56. The van der Waals surface area contributed by atoms with Gasteiger partial charge in [0.1, 0.15) is 11.1 Å². The molecule has 0 aliphatic carbocycles. The first-order chi connectivity index (χ1) is 8.18. The molecule has 0 amide bonds. The van der Waals surface area contributed by atoms with Crippen LogP contribution in [0.3, 0.4) is 0 Å². The van der Waals surface area contributed by atoms with Crippen LogP contribution in [0.4, 0.5) is 13.2 Å². The zero-order valence-corrected chi connectivity index (χ0v) is 9.92. The van der Waals surface area contributed by atoms with Crippen LogP contribution in [-0.2, 0) is 11.0 Å². The number of alkyl halides is 3. The first-order valence-corrected chi connectivity index (χ1v) is 5.28. The lowest BCUT2D eigenvalue weighted by atomic mass is 10.2. The summed E-state index contributed by atoms with van der Waals surface area (Å²) in [6, 6.07) is -0.896. The van der Waals surface area contributed by atoms with Crippen LogP contribution in [-0.4, -0.2) is 15.6 Å². The van der Waals surface area contributed by atoms with Gasteiger partial charge in [-0.05, 0) is 12.5 Å². The standard InChI is InChI=1S/C10H9ClF3NO3/c1-2-7(9(17)18)15-4-5(10(12,13)14)3-6(11)8(15)16/h3-4,7H,2H2,1H3,(H,17,18). The van der Waals surface area contributed by atoms with Gasteiger partial charge < -0.3 is 5.11 Å². The topological polar surface area (TPSA) is 59.3 Å². The lowest BCUT2D eigenvalue weighted by molar-refractivity contribution is -0.142. The smallest absolute Gasteiger partial charge is 0.417 e. The summed E-state index contributed by atoms with van der Waals surface area (Å²) in [5.74, 6) is -1.39. The van der Waals surface area contributed by atoms with E-state index in [0.29, 0.717) is 16.8 Å². The third kappa shape index (κ3) is 2.84. The summed E-state index contributed by atoms with van der Waals surface area (Å²) in [7, 11) is 0. The summed E-state index contributed by atoms with van der Waals surface area (Å²) in [5.41, 5.74) is -2.12. The average molecular weight is 284 g/mol. The van der Waals surface area contributed by atoms with Gasteiger partial charge >= 0.3 is 12.1 Å². The molecule has 0 saturated carbocycles. The van der Waals surface area contributed by atoms with E-state index in [4.69, 9.17) is 16.7 Å². The van der Waals surface area contributed by atoms with Crippen molar-refractivity contribution in [2.75, 3.05) is 0 Å². The minimum atomic E-state index is -4.70.